The number of halogens is 5. The molecule has 5 rings (SSSR count). The van der Waals surface area contributed by atoms with Crippen molar-refractivity contribution in [2.45, 2.75) is 32.0 Å². The third-order valence-electron chi connectivity index (χ3n) is 6.49. The Labute approximate surface area is 242 Å². The fourth-order valence-corrected chi connectivity index (χ4v) is 4.80. The van der Waals surface area contributed by atoms with Crippen molar-refractivity contribution in [2.75, 3.05) is 0 Å². The van der Waals surface area contributed by atoms with Gasteiger partial charge in [-0.1, -0.05) is 64.8 Å². The summed E-state index contributed by atoms with van der Waals surface area (Å²) in [5.74, 6) is -1.10. The van der Waals surface area contributed by atoms with Gasteiger partial charge in [-0.25, -0.2) is 9.48 Å². The van der Waals surface area contributed by atoms with Gasteiger partial charge in [-0.05, 0) is 48.9 Å². The molecule has 12 heteroatoms. The van der Waals surface area contributed by atoms with Crippen molar-refractivity contribution in [3.8, 4) is 16.9 Å². The van der Waals surface area contributed by atoms with Crippen LogP contribution in [0.2, 0.25) is 10.0 Å². The number of benzene rings is 3. The van der Waals surface area contributed by atoms with Gasteiger partial charge in [0.2, 0.25) is 0 Å². The van der Waals surface area contributed by atoms with Crippen LogP contribution in [0.25, 0.3) is 16.9 Å². The predicted octanol–water partition coefficient (Wildman–Crippen LogP) is 7.20. The molecule has 0 saturated heterocycles. The summed E-state index contributed by atoms with van der Waals surface area (Å²) in [7, 11) is 0. The van der Waals surface area contributed by atoms with E-state index < -0.39 is 29.7 Å². The van der Waals surface area contributed by atoms with Crippen LogP contribution in [0.4, 0.5) is 13.2 Å². The summed E-state index contributed by atoms with van der Waals surface area (Å²) >= 11 is 12.7. The number of para-hydroxylation sites is 1. The number of hydrogen-bond donors (Lipinski definition) is 1. The molecule has 0 radical (unpaired) electrons. The number of hydrogen-bond acceptors (Lipinski definition) is 5. The van der Waals surface area contributed by atoms with Crippen LogP contribution in [0.5, 0.6) is 0 Å². The van der Waals surface area contributed by atoms with Crippen molar-refractivity contribution >= 4 is 40.8 Å². The minimum absolute atomic E-state index is 0.0238. The van der Waals surface area contributed by atoms with Gasteiger partial charge in [-0.3, -0.25) is 4.79 Å². The quantitative estimate of drug-likeness (QED) is 0.227. The van der Waals surface area contributed by atoms with Crippen molar-refractivity contribution < 1.29 is 27.6 Å². The number of alkyl halides is 3. The van der Waals surface area contributed by atoms with E-state index in [-0.39, 0.29) is 18.5 Å². The van der Waals surface area contributed by atoms with Crippen LogP contribution < -0.4 is 5.32 Å². The molecule has 41 heavy (non-hydrogen) atoms. The third-order valence-corrected chi connectivity index (χ3v) is 7.06. The van der Waals surface area contributed by atoms with Crippen molar-refractivity contribution in [1.82, 2.24) is 15.1 Å². The second kappa shape index (κ2) is 11.4. The highest BCUT2D eigenvalue weighted by molar-refractivity contribution is 6.32. The van der Waals surface area contributed by atoms with E-state index in [1.165, 1.54) is 16.8 Å². The van der Waals surface area contributed by atoms with Crippen LogP contribution in [-0.4, -0.2) is 27.4 Å². The lowest BCUT2D eigenvalue weighted by Crippen LogP contribution is -2.28. The number of carbonyl (C=O) groups is 2. The minimum Gasteiger partial charge on any atom is -0.344 e. The Morgan fingerprint density at radius 1 is 1.05 bits per heavy atom. The highest BCUT2D eigenvalue weighted by Crippen LogP contribution is 2.34. The Hall–Kier alpha value is -4.15. The molecule has 0 spiro atoms. The lowest BCUT2D eigenvalue weighted by molar-refractivity contribution is -0.140. The Morgan fingerprint density at radius 3 is 2.34 bits per heavy atom. The minimum atomic E-state index is -4.47. The van der Waals surface area contributed by atoms with Gasteiger partial charge >= 0.3 is 12.1 Å². The first kappa shape index (κ1) is 28.4. The van der Waals surface area contributed by atoms with Crippen LogP contribution in [0, 0.1) is 0 Å². The standard InChI is InChI=1S/C29H21Cl2F3N4O3/c1-16(17-6-10-19(11-7-17)29(32,33)34)35-28(40)26-22(14-21-15-25(39)41-37-21)27(18-8-12-20(30)13-9-18)38(36-26)24-5-3-2-4-23(24)31/h2-13,16H,14-15H2,1H3,(H,35,40)/t16-/m1/s1. The molecule has 1 atom stereocenters. The first-order valence-electron chi connectivity index (χ1n) is 12.4. The topological polar surface area (TPSA) is 85.6 Å². The van der Waals surface area contributed by atoms with Gasteiger partial charge in [0.15, 0.2) is 5.69 Å². The van der Waals surface area contributed by atoms with Gasteiger partial charge in [0, 0.05) is 22.6 Å². The van der Waals surface area contributed by atoms with Crippen LogP contribution in [-0.2, 0) is 22.2 Å². The van der Waals surface area contributed by atoms with Crippen LogP contribution >= 0.6 is 23.2 Å². The molecule has 1 amide bonds. The maximum absolute atomic E-state index is 13.7. The van der Waals surface area contributed by atoms with Gasteiger partial charge in [0.1, 0.15) is 0 Å². The molecule has 210 valence electrons. The molecule has 1 aliphatic rings. The average molecular weight is 601 g/mol. The summed E-state index contributed by atoms with van der Waals surface area (Å²) in [5.41, 5.74) is 2.22. The van der Waals surface area contributed by atoms with Crippen molar-refractivity contribution in [1.29, 1.82) is 0 Å². The summed E-state index contributed by atoms with van der Waals surface area (Å²) < 4.78 is 40.6. The molecule has 0 unspecified atom stereocenters. The zero-order valence-electron chi connectivity index (χ0n) is 21.4. The van der Waals surface area contributed by atoms with Crippen LogP contribution in [0.1, 0.15) is 46.6 Å². The summed E-state index contributed by atoms with van der Waals surface area (Å²) in [5, 5.41) is 12.2. The number of amides is 1. The van der Waals surface area contributed by atoms with E-state index in [1.807, 2.05) is 0 Å². The SMILES string of the molecule is C[C@@H](NC(=O)c1nn(-c2ccccc2Cl)c(-c2ccc(Cl)cc2)c1CC1=NOC(=O)C1)c1ccc(C(F)(F)F)cc1. The molecule has 3 aromatic carbocycles. The van der Waals surface area contributed by atoms with E-state index in [0.717, 1.165) is 12.1 Å². The number of oxime groups is 1. The Balaban J connectivity index is 1.60. The molecule has 2 heterocycles. The predicted molar refractivity (Wildman–Crippen MR) is 148 cm³/mol. The third kappa shape index (κ3) is 6.13. The van der Waals surface area contributed by atoms with Crippen molar-refractivity contribution in [2.24, 2.45) is 5.16 Å². The van der Waals surface area contributed by atoms with E-state index >= 15 is 0 Å². The molecule has 7 nitrogen and oxygen atoms in total. The molecular formula is C29H21Cl2F3N4O3. The summed E-state index contributed by atoms with van der Waals surface area (Å²) in [4.78, 5) is 30.3. The van der Waals surface area contributed by atoms with Gasteiger partial charge in [-0.2, -0.15) is 18.3 Å². The fourth-order valence-electron chi connectivity index (χ4n) is 4.46. The lowest BCUT2D eigenvalue weighted by atomic mass is 9.98. The fraction of sp³-hybridized carbons (Fsp3) is 0.172. The zero-order chi connectivity index (χ0) is 29.3. The molecular weight excluding hydrogens is 580 g/mol. The number of nitrogens with one attached hydrogen (secondary N) is 1. The van der Waals surface area contributed by atoms with Gasteiger partial charge in [0.25, 0.3) is 5.91 Å². The van der Waals surface area contributed by atoms with E-state index in [0.29, 0.717) is 43.8 Å². The highest BCUT2D eigenvalue weighted by Gasteiger charge is 2.31. The molecule has 0 fully saturated rings. The number of rotatable bonds is 7. The van der Waals surface area contributed by atoms with Crippen molar-refractivity contribution in [3.63, 3.8) is 0 Å². The van der Waals surface area contributed by atoms with Gasteiger partial charge in [-0.15, -0.1) is 0 Å². The van der Waals surface area contributed by atoms with E-state index in [1.54, 1.807) is 55.5 Å². The largest absolute Gasteiger partial charge is 0.416 e. The van der Waals surface area contributed by atoms with E-state index in [4.69, 9.17) is 28.0 Å². The number of carbonyl (C=O) groups excluding carboxylic acids is 2. The Kier molecular flexibility index (Phi) is 7.88. The Bertz CT molecular complexity index is 1650. The first-order valence-corrected chi connectivity index (χ1v) is 13.1. The molecule has 0 saturated carbocycles. The Morgan fingerprint density at radius 2 is 1.73 bits per heavy atom. The molecule has 0 bridgehead atoms. The van der Waals surface area contributed by atoms with Gasteiger partial charge < -0.3 is 10.2 Å². The molecule has 0 aliphatic carbocycles. The summed E-state index contributed by atoms with van der Waals surface area (Å²) in [6.07, 6.45) is -4.47. The van der Waals surface area contributed by atoms with Crippen LogP contribution in [0.3, 0.4) is 0 Å². The highest BCUT2D eigenvalue weighted by atomic mass is 35.5. The van der Waals surface area contributed by atoms with Crippen molar-refractivity contribution in [3.05, 3.63) is 105 Å². The molecule has 1 N–H and O–H groups in total. The normalized spacial score (nSPS) is 14.0. The van der Waals surface area contributed by atoms with Crippen LogP contribution in [0.15, 0.2) is 78.0 Å². The maximum Gasteiger partial charge on any atom is 0.416 e. The first-order chi connectivity index (χ1) is 19.5. The lowest BCUT2D eigenvalue weighted by Gasteiger charge is -2.15. The maximum atomic E-state index is 13.7. The molecule has 1 aliphatic heterocycles. The summed E-state index contributed by atoms with van der Waals surface area (Å²) in [6, 6.07) is 17.8. The zero-order valence-corrected chi connectivity index (χ0v) is 22.9. The van der Waals surface area contributed by atoms with E-state index in [2.05, 4.69) is 15.6 Å². The number of aromatic nitrogens is 2. The summed E-state index contributed by atoms with van der Waals surface area (Å²) in [6.45, 7) is 1.65. The van der Waals surface area contributed by atoms with E-state index in [9.17, 15) is 22.8 Å². The molecule has 1 aromatic heterocycles. The average Bonchev–Trinajstić information content (AvgIpc) is 3.52. The number of nitrogens with zero attached hydrogens (tertiary/aromatic N) is 3. The monoisotopic (exact) mass is 600 g/mol. The molecule has 4 aromatic rings. The van der Waals surface area contributed by atoms with Gasteiger partial charge in [0.05, 0.1) is 40.1 Å². The smallest absolute Gasteiger partial charge is 0.344 e. The second-order valence-corrected chi connectivity index (χ2v) is 10.2. The second-order valence-electron chi connectivity index (χ2n) is 9.34.